The first-order valence-corrected chi connectivity index (χ1v) is 5.94. The summed E-state index contributed by atoms with van der Waals surface area (Å²) in [5.41, 5.74) is 0.822. The Kier molecular flexibility index (Phi) is 5.73. The molecule has 2 N–H and O–H groups in total. The Morgan fingerprint density at radius 3 is 2.44 bits per heavy atom. The number of hydrogen-bond donors (Lipinski definition) is 2. The van der Waals surface area contributed by atoms with Gasteiger partial charge in [-0.2, -0.15) is 0 Å². The largest absolute Gasteiger partial charge is 0.481 e. The van der Waals surface area contributed by atoms with E-state index in [2.05, 4.69) is 20.9 Å². The van der Waals surface area contributed by atoms with E-state index in [0.29, 0.717) is 18.7 Å². The first kappa shape index (κ1) is 13.4. The molecule has 4 nitrogen and oxygen atoms in total. The fourth-order valence-electron chi connectivity index (χ4n) is 1.57. The summed E-state index contributed by atoms with van der Waals surface area (Å²) in [6.07, 6.45) is 1.17. The summed E-state index contributed by atoms with van der Waals surface area (Å²) >= 11 is 3.42. The van der Waals surface area contributed by atoms with Crippen molar-refractivity contribution in [1.29, 1.82) is 0 Å². The summed E-state index contributed by atoms with van der Waals surface area (Å²) in [6, 6.07) is 3.63. The molecule has 0 radical (unpaired) electrons. The third kappa shape index (κ3) is 3.43. The van der Waals surface area contributed by atoms with Gasteiger partial charge in [-0.05, 0) is 34.8 Å². The van der Waals surface area contributed by atoms with Gasteiger partial charge in [-0.15, -0.1) is 0 Å². The van der Waals surface area contributed by atoms with Crippen molar-refractivity contribution >= 4 is 15.9 Å². The molecule has 1 rings (SSSR count). The molecule has 1 heterocycles. The number of methoxy groups -OCH3 is 1. The van der Waals surface area contributed by atoms with E-state index in [9.17, 15) is 0 Å². The van der Waals surface area contributed by atoms with Crippen LogP contribution in [0.5, 0.6) is 5.88 Å². The van der Waals surface area contributed by atoms with Gasteiger partial charge in [0, 0.05) is 29.7 Å². The Balaban J connectivity index is 2.96. The van der Waals surface area contributed by atoms with E-state index in [0.717, 1.165) is 10.2 Å². The number of aliphatic hydroxyl groups is 2. The molecule has 0 unspecified atom stereocenters. The van der Waals surface area contributed by atoms with Gasteiger partial charge in [-0.3, -0.25) is 0 Å². The second kappa shape index (κ2) is 6.83. The zero-order chi connectivity index (χ0) is 12.0. The van der Waals surface area contributed by atoms with Gasteiger partial charge in [0.05, 0.1) is 12.8 Å². The van der Waals surface area contributed by atoms with E-state index in [1.807, 2.05) is 6.07 Å². The molecule has 0 saturated heterocycles. The standard InChI is InChI=1S/C11H16BrNO3/c1-16-10-3-2-9(12)11(13-10)8(4-6-14)5-7-15/h2-3,8,14-15H,4-7H2,1H3. The van der Waals surface area contributed by atoms with Crippen LogP contribution in [0.3, 0.4) is 0 Å². The van der Waals surface area contributed by atoms with E-state index in [1.54, 1.807) is 13.2 Å². The maximum Gasteiger partial charge on any atom is 0.213 e. The van der Waals surface area contributed by atoms with Crippen LogP contribution in [0, 0.1) is 0 Å². The summed E-state index contributed by atoms with van der Waals surface area (Å²) in [7, 11) is 1.56. The van der Waals surface area contributed by atoms with Gasteiger partial charge in [0.2, 0.25) is 5.88 Å². The Bertz CT molecular complexity index is 327. The Labute approximate surface area is 103 Å². The van der Waals surface area contributed by atoms with Gasteiger partial charge in [-0.25, -0.2) is 4.98 Å². The highest BCUT2D eigenvalue weighted by atomic mass is 79.9. The molecule has 0 saturated carbocycles. The molecule has 16 heavy (non-hydrogen) atoms. The lowest BCUT2D eigenvalue weighted by Crippen LogP contribution is -2.08. The zero-order valence-corrected chi connectivity index (χ0v) is 10.8. The highest BCUT2D eigenvalue weighted by Crippen LogP contribution is 2.29. The van der Waals surface area contributed by atoms with Crippen LogP contribution < -0.4 is 4.74 Å². The van der Waals surface area contributed by atoms with Crippen molar-refractivity contribution in [3.05, 3.63) is 22.3 Å². The highest BCUT2D eigenvalue weighted by Gasteiger charge is 2.16. The van der Waals surface area contributed by atoms with Gasteiger partial charge in [0.25, 0.3) is 0 Å². The van der Waals surface area contributed by atoms with Gasteiger partial charge < -0.3 is 14.9 Å². The number of hydrogen-bond acceptors (Lipinski definition) is 4. The molecule has 0 aliphatic heterocycles. The molecule has 90 valence electrons. The second-order valence-corrected chi connectivity index (χ2v) is 4.30. The predicted molar refractivity (Wildman–Crippen MR) is 64.6 cm³/mol. The smallest absolute Gasteiger partial charge is 0.213 e. The first-order chi connectivity index (χ1) is 7.72. The van der Waals surface area contributed by atoms with Crippen LogP contribution in [0.4, 0.5) is 0 Å². The zero-order valence-electron chi connectivity index (χ0n) is 9.19. The highest BCUT2D eigenvalue weighted by molar-refractivity contribution is 9.10. The topological polar surface area (TPSA) is 62.6 Å². The number of halogens is 1. The van der Waals surface area contributed by atoms with Gasteiger partial charge in [0.1, 0.15) is 0 Å². The predicted octanol–water partition coefficient (Wildman–Crippen LogP) is 1.70. The fourth-order valence-corrected chi connectivity index (χ4v) is 2.11. The molecule has 0 aliphatic carbocycles. The molecule has 0 amide bonds. The minimum atomic E-state index is 0.0412. The van der Waals surface area contributed by atoms with E-state index >= 15 is 0 Å². The van der Waals surface area contributed by atoms with Crippen LogP contribution >= 0.6 is 15.9 Å². The molecule has 0 fully saturated rings. The Hall–Kier alpha value is -0.650. The summed E-state index contributed by atoms with van der Waals surface area (Å²) in [5.74, 6) is 0.582. The Morgan fingerprint density at radius 2 is 1.94 bits per heavy atom. The quantitative estimate of drug-likeness (QED) is 0.837. The number of ether oxygens (including phenoxy) is 1. The summed E-state index contributed by atoms with van der Waals surface area (Å²) in [6.45, 7) is 0.159. The minimum absolute atomic E-state index is 0.0412. The molecule has 0 atom stereocenters. The first-order valence-electron chi connectivity index (χ1n) is 5.15. The average molecular weight is 290 g/mol. The van der Waals surface area contributed by atoms with Crippen LogP contribution in [0.15, 0.2) is 16.6 Å². The molecule has 1 aromatic heterocycles. The molecule has 5 heteroatoms. The van der Waals surface area contributed by atoms with Gasteiger partial charge >= 0.3 is 0 Å². The van der Waals surface area contributed by atoms with Crippen LogP contribution in [-0.4, -0.2) is 35.5 Å². The van der Waals surface area contributed by atoms with Crippen molar-refractivity contribution in [2.45, 2.75) is 18.8 Å². The number of rotatable bonds is 6. The van der Waals surface area contributed by atoms with Crippen molar-refractivity contribution in [2.24, 2.45) is 0 Å². The molecule has 0 spiro atoms. The van der Waals surface area contributed by atoms with E-state index < -0.39 is 0 Å². The number of aromatic nitrogens is 1. The van der Waals surface area contributed by atoms with Crippen molar-refractivity contribution in [3.8, 4) is 5.88 Å². The molecule has 0 aliphatic rings. The maximum absolute atomic E-state index is 8.99. The molecule has 1 aromatic rings. The molecular weight excluding hydrogens is 274 g/mol. The van der Waals surface area contributed by atoms with Crippen molar-refractivity contribution in [1.82, 2.24) is 4.98 Å². The summed E-state index contributed by atoms with van der Waals surface area (Å²) in [4.78, 5) is 4.34. The van der Waals surface area contributed by atoms with Crippen molar-refractivity contribution < 1.29 is 14.9 Å². The summed E-state index contributed by atoms with van der Waals surface area (Å²) in [5, 5.41) is 18.0. The normalized spacial score (nSPS) is 10.8. The molecule has 0 bridgehead atoms. The van der Waals surface area contributed by atoms with Crippen molar-refractivity contribution in [2.75, 3.05) is 20.3 Å². The molecule has 0 aromatic carbocycles. The van der Waals surface area contributed by atoms with Crippen molar-refractivity contribution in [3.63, 3.8) is 0 Å². The van der Waals surface area contributed by atoms with Crippen LogP contribution in [0.1, 0.15) is 24.5 Å². The third-order valence-corrected chi connectivity index (χ3v) is 3.07. The number of pyridine rings is 1. The lowest BCUT2D eigenvalue weighted by atomic mass is 9.98. The van der Waals surface area contributed by atoms with Gasteiger partial charge in [-0.1, -0.05) is 0 Å². The number of aliphatic hydroxyl groups excluding tert-OH is 2. The van der Waals surface area contributed by atoms with Crippen LogP contribution in [0.2, 0.25) is 0 Å². The third-order valence-electron chi connectivity index (χ3n) is 2.40. The Morgan fingerprint density at radius 1 is 1.31 bits per heavy atom. The second-order valence-electron chi connectivity index (χ2n) is 3.44. The van der Waals surface area contributed by atoms with E-state index in [1.165, 1.54) is 0 Å². The van der Waals surface area contributed by atoms with Crippen LogP contribution in [0.25, 0.3) is 0 Å². The van der Waals surface area contributed by atoms with E-state index in [-0.39, 0.29) is 19.1 Å². The van der Waals surface area contributed by atoms with Crippen LogP contribution in [-0.2, 0) is 0 Å². The number of nitrogens with zero attached hydrogens (tertiary/aromatic N) is 1. The lowest BCUT2D eigenvalue weighted by molar-refractivity contribution is 0.239. The minimum Gasteiger partial charge on any atom is -0.481 e. The van der Waals surface area contributed by atoms with Gasteiger partial charge in [0.15, 0.2) is 0 Å². The lowest BCUT2D eigenvalue weighted by Gasteiger charge is -2.16. The summed E-state index contributed by atoms with van der Waals surface area (Å²) < 4.78 is 5.93. The monoisotopic (exact) mass is 289 g/mol. The SMILES string of the molecule is COc1ccc(Br)c(C(CCO)CCO)n1. The van der Waals surface area contributed by atoms with E-state index in [4.69, 9.17) is 14.9 Å². The average Bonchev–Trinajstić information content (AvgIpc) is 2.29. The molecular formula is C11H16BrNO3. The fraction of sp³-hybridized carbons (Fsp3) is 0.545. The maximum atomic E-state index is 8.99.